The van der Waals surface area contributed by atoms with Crippen LogP contribution >= 0.6 is 11.3 Å². The van der Waals surface area contributed by atoms with E-state index in [1.807, 2.05) is 12.3 Å². The highest BCUT2D eigenvalue weighted by Gasteiger charge is 2.32. The van der Waals surface area contributed by atoms with Gasteiger partial charge >= 0.3 is 0 Å². The van der Waals surface area contributed by atoms with Gasteiger partial charge in [0, 0.05) is 44.1 Å². The average Bonchev–Trinajstić information content (AvgIpc) is 3.29. The molecule has 0 radical (unpaired) electrons. The maximum Gasteiger partial charge on any atom is 0.246 e. The number of carbonyl (C=O) groups is 1. The Morgan fingerprint density at radius 1 is 1.46 bits per heavy atom. The van der Waals surface area contributed by atoms with Crippen molar-refractivity contribution in [1.29, 1.82) is 0 Å². The third kappa shape index (κ3) is 4.13. The summed E-state index contributed by atoms with van der Waals surface area (Å²) in [6, 6.07) is 0. The van der Waals surface area contributed by atoms with Gasteiger partial charge in [-0.15, -0.1) is 11.3 Å². The monoisotopic (exact) mass is 397 g/mol. The van der Waals surface area contributed by atoms with Gasteiger partial charge < -0.3 is 5.32 Å². The first-order valence-corrected chi connectivity index (χ1v) is 10.9. The lowest BCUT2D eigenvalue weighted by Crippen LogP contribution is -2.39. The lowest BCUT2D eigenvalue weighted by Gasteiger charge is -2.30. The molecule has 2 aromatic heterocycles. The summed E-state index contributed by atoms with van der Waals surface area (Å²) < 4.78 is 28.9. The van der Waals surface area contributed by atoms with Crippen LogP contribution in [0.15, 0.2) is 22.7 Å². The summed E-state index contributed by atoms with van der Waals surface area (Å²) in [5, 5.41) is 9.65. The number of piperidine rings is 1. The van der Waals surface area contributed by atoms with Crippen LogP contribution in [0.25, 0.3) is 0 Å². The van der Waals surface area contributed by atoms with Crippen molar-refractivity contribution in [3.05, 3.63) is 28.5 Å². The van der Waals surface area contributed by atoms with Crippen LogP contribution in [-0.2, 0) is 27.9 Å². The van der Waals surface area contributed by atoms with Crippen LogP contribution in [0.4, 0.5) is 0 Å². The topological polar surface area (TPSA) is 97.2 Å². The molecule has 1 saturated heterocycles. The van der Waals surface area contributed by atoms with Gasteiger partial charge in [-0.1, -0.05) is 0 Å². The highest BCUT2D eigenvalue weighted by Crippen LogP contribution is 2.31. The zero-order chi connectivity index (χ0) is 18.7. The highest BCUT2D eigenvalue weighted by atomic mass is 32.2. The Morgan fingerprint density at radius 2 is 2.27 bits per heavy atom. The summed E-state index contributed by atoms with van der Waals surface area (Å²) in [5.74, 6) is -0.0158. The Morgan fingerprint density at radius 3 is 2.96 bits per heavy atom. The second kappa shape index (κ2) is 7.85. The first kappa shape index (κ1) is 19.0. The molecule has 10 heteroatoms. The van der Waals surface area contributed by atoms with Crippen molar-refractivity contribution >= 4 is 27.3 Å². The third-order valence-electron chi connectivity index (χ3n) is 4.39. The molecule has 1 atom stereocenters. The van der Waals surface area contributed by atoms with Gasteiger partial charge in [0.15, 0.2) is 0 Å². The molecule has 2 aromatic rings. The van der Waals surface area contributed by atoms with Crippen molar-refractivity contribution in [3.8, 4) is 0 Å². The van der Waals surface area contributed by atoms with Gasteiger partial charge in [-0.05, 0) is 19.8 Å². The predicted molar refractivity (Wildman–Crippen MR) is 98.3 cm³/mol. The fraction of sp³-hybridized carbons (Fsp3) is 0.562. The Bertz CT molecular complexity index is 874. The Balaban J connectivity index is 1.72. The number of nitrogens with one attached hydrogen (secondary N) is 1. The number of thiazole rings is 1. The zero-order valence-electron chi connectivity index (χ0n) is 14.9. The number of aromatic nitrogens is 3. The van der Waals surface area contributed by atoms with Gasteiger partial charge in [-0.2, -0.15) is 9.40 Å². The lowest BCUT2D eigenvalue weighted by molar-refractivity contribution is -0.119. The summed E-state index contributed by atoms with van der Waals surface area (Å²) >= 11 is 1.52. The number of hydrogen-bond acceptors (Lipinski definition) is 6. The smallest absolute Gasteiger partial charge is 0.246 e. The molecule has 1 unspecified atom stereocenters. The first-order chi connectivity index (χ1) is 12.4. The van der Waals surface area contributed by atoms with E-state index in [1.165, 1.54) is 28.8 Å². The van der Waals surface area contributed by atoms with Crippen molar-refractivity contribution in [3.63, 3.8) is 0 Å². The molecule has 1 N–H and O–H groups in total. The fourth-order valence-electron chi connectivity index (χ4n) is 2.97. The average molecular weight is 398 g/mol. The standard InChI is InChI=1S/C16H23N5O3S2/c1-3-20-10-15(8-18-20)26(23,24)21-6-4-5-13(9-21)16-19-14(11-25-16)7-17-12(2)22/h8,10-11,13H,3-7,9H2,1-2H3,(H,17,22). The van der Waals surface area contributed by atoms with E-state index < -0.39 is 10.0 Å². The van der Waals surface area contributed by atoms with Crippen LogP contribution in [0, 0.1) is 0 Å². The minimum absolute atomic E-state index is 0.0795. The van der Waals surface area contributed by atoms with E-state index in [0.29, 0.717) is 26.2 Å². The molecule has 1 aliphatic heterocycles. The number of sulfonamides is 1. The Labute approximate surface area is 157 Å². The van der Waals surface area contributed by atoms with Crippen molar-refractivity contribution < 1.29 is 13.2 Å². The number of nitrogens with zero attached hydrogens (tertiary/aromatic N) is 4. The number of rotatable bonds is 6. The molecule has 0 saturated carbocycles. The van der Waals surface area contributed by atoms with Gasteiger partial charge in [0.1, 0.15) is 4.90 Å². The van der Waals surface area contributed by atoms with Crippen molar-refractivity contribution in [2.24, 2.45) is 0 Å². The summed E-state index contributed by atoms with van der Waals surface area (Å²) in [4.78, 5) is 15.8. The van der Waals surface area contributed by atoms with Gasteiger partial charge in [0.25, 0.3) is 0 Å². The maximum atomic E-state index is 12.9. The van der Waals surface area contributed by atoms with Crippen molar-refractivity contribution in [2.45, 2.75) is 50.6 Å². The van der Waals surface area contributed by atoms with Crippen LogP contribution in [0.1, 0.15) is 43.3 Å². The molecular formula is C16H23N5O3S2. The van der Waals surface area contributed by atoms with E-state index in [1.54, 1.807) is 10.9 Å². The third-order valence-corrected chi connectivity index (χ3v) is 7.27. The number of hydrogen-bond donors (Lipinski definition) is 1. The Kier molecular flexibility index (Phi) is 5.73. The number of carbonyl (C=O) groups excluding carboxylic acids is 1. The SMILES string of the molecule is CCn1cc(S(=O)(=O)N2CCCC(c3nc(CNC(C)=O)cs3)C2)cn1. The second-order valence-electron chi connectivity index (χ2n) is 6.32. The van der Waals surface area contributed by atoms with E-state index in [0.717, 1.165) is 23.5 Å². The molecule has 1 fully saturated rings. The van der Waals surface area contributed by atoms with E-state index in [4.69, 9.17) is 0 Å². The first-order valence-electron chi connectivity index (χ1n) is 8.61. The molecule has 1 amide bonds. The van der Waals surface area contributed by atoms with E-state index in [9.17, 15) is 13.2 Å². The summed E-state index contributed by atoms with van der Waals surface area (Å²) in [6.07, 6.45) is 4.70. The summed E-state index contributed by atoms with van der Waals surface area (Å²) in [6.45, 7) is 5.36. The predicted octanol–water partition coefficient (Wildman–Crippen LogP) is 1.56. The largest absolute Gasteiger partial charge is 0.351 e. The van der Waals surface area contributed by atoms with Crippen molar-refractivity contribution in [1.82, 2.24) is 24.4 Å². The summed E-state index contributed by atoms with van der Waals surface area (Å²) in [7, 11) is -3.54. The minimum atomic E-state index is -3.54. The molecule has 3 rings (SSSR count). The molecule has 0 aliphatic carbocycles. The molecule has 1 aliphatic rings. The van der Waals surface area contributed by atoms with Crippen molar-refractivity contribution in [2.75, 3.05) is 13.1 Å². The van der Waals surface area contributed by atoms with E-state index in [2.05, 4.69) is 15.4 Å². The van der Waals surface area contributed by atoms with Crippen LogP contribution in [-0.4, -0.2) is 46.5 Å². The molecule has 8 nitrogen and oxygen atoms in total. The van der Waals surface area contributed by atoms with Gasteiger partial charge in [-0.25, -0.2) is 13.4 Å². The minimum Gasteiger partial charge on any atom is -0.351 e. The van der Waals surface area contributed by atoms with Gasteiger partial charge in [0.05, 0.1) is 23.4 Å². The van der Waals surface area contributed by atoms with Gasteiger partial charge in [0.2, 0.25) is 15.9 Å². The molecule has 3 heterocycles. The quantitative estimate of drug-likeness (QED) is 0.798. The normalized spacial score (nSPS) is 18.8. The zero-order valence-corrected chi connectivity index (χ0v) is 16.5. The molecule has 0 aromatic carbocycles. The Hall–Kier alpha value is -1.78. The van der Waals surface area contributed by atoms with Crippen LogP contribution < -0.4 is 5.32 Å². The molecular weight excluding hydrogens is 374 g/mol. The summed E-state index contributed by atoms with van der Waals surface area (Å²) in [5.41, 5.74) is 0.810. The number of aryl methyl sites for hydroxylation is 1. The molecule has 142 valence electrons. The van der Waals surface area contributed by atoms with E-state index >= 15 is 0 Å². The fourth-order valence-corrected chi connectivity index (χ4v) is 5.40. The number of amides is 1. The van der Waals surface area contributed by atoms with E-state index in [-0.39, 0.29) is 16.7 Å². The highest BCUT2D eigenvalue weighted by molar-refractivity contribution is 7.89. The van der Waals surface area contributed by atoms with Gasteiger partial charge in [-0.3, -0.25) is 9.48 Å². The van der Waals surface area contributed by atoms with Crippen LogP contribution in [0.5, 0.6) is 0 Å². The van der Waals surface area contributed by atoms with Crippen LogP contribution in [0.3, 0.4) is 0 Å². The van der Waals surface area contributed by atoms with Crippen LogP contribution in [0.2, 0.25) is 0 Å². The molecule has 0 bridgehead atoms. The molecule has 26 heavy (non-hydrogen) atoms. The second-order valence-corrected chi connectivity index (χ2v) is 9.15. The molecule has 0 spiro atoms. The lowest BCUT2D eigenvalue weighted by atomic mass is 10.0. The maximum absolute atomic E-state index is 12.9.